The molecule has 3 aromatic heterocycles. The van der Waals surface area contributed by atoms with Crippen molar-refractivity contribution in [3.05, 3.63) is 40.7 Å². The lowest BCUT2D eigenvalue weighted by atomic mass is 10.0. The van der Waals surface area contributed by atoms with Crippen LogP contribution in [0.3, 0.4) is 0 Å². The fourth-order valence-electron chi connectivity index (χ4n) is 5.52. The van der Waals surface area contributed by atoms with Crippen molar-refractivity contribution in [3.8, 4) is 0 Å². The van der Waals surface area contributed by atoms with Gasteiger partial charge in [0.1, 0.15) is 23.8 Å². The Balaban J connectivity index is 1.03. The third-order valence-corrected chi connectivity index (χ3v) is 8.45. The Hall–Kier alpha value is -2.50. The lowest BCUT2D eigenvalue weighted by Gasteiger charge is -2.23. The quantitative estimate of drug-likeness (QED) is 0.216. The SMILES string of the molecule is CN(CCCCc1nc2cc(Cl)c(Cl)cc2[nH]1)C[C@H]1C[C@@H](n2cnc3c(NC4CC4)ncnc32)[C@H](O)[C@@H]1O. The molecule has 38 heavy (non-hydrogen) atoms. The fourth-order valence-corrected chi connectivity index (χ4v) is 5.84. The van der Waals surface area contributed by atoms with Gasteiger partial charge in [-0.15, -0.1) is 0 Å². The zero-order chi connectivity index (χ0) is 26.4. The number of imidazole rings is 2. The third kappa shape index (κ3) is 5.20. The number of rotatable bonds is 10. The summed E-state index contributed by atoms with van der Waals surface area (Å²) in [5, 5.41) is 26.2. The number of aryl methyl sites for hydroxylation is 1. The number of nitrogens with one attached hydrogen (secondary N) is 2. The molecular formula is C26H32Cl2N8O2. The van der Waals surface area contributed by atoms with Crippen molar-refractivity contribution in [2.75, 3.05) is 25.5 Å². The first-order valence-electron chi connectivity index (χ1n) is 13.2. The van der Waals surface area contributed by atoms with Crippen molar-refractivity contribution in [1.29, 1.82) is 0 Å². The average molecular weight is 560 g/mol. The van der Waals surface area contributed by atoms with Gasteiger partial charge in [0.05, 0.1) is 39.6 Å². The van der Waals surface area contributed by atoms with E-state index in [2.05, 4.69) is 42.2 Å². The van der Waals surface area contributed by atoms with E-state index < -0.39 is 12.2 Å². The summed E-state index contributed by atoms with van der Waals surface area (Å²) in [7, 11) is 2.06. The highest BCUT2D eigenvalue weighted by Gasteiger charge is 2.43. The number of aromatic nitrogens is 6. The summed E-state index contributed by atoms with van der Waals surface area (Å²) in [5.74, 6) is 1.61. The van der Waals surface area contributed by atoms with E-state index >= 15 is 0 Å². The van der Waals surface area contributed by atoms with E-state index in [-0.39, 0.29) is 12.0 Å². The molecule has 12 heteroatoms. The molecule has 2 fully saturated rings. The molecule has 0 bridgehead atoms. The van der Waals surface area contributed by atoms with E-state index in [1.165, 1.54) is 6.33 Å². The summed E-state index contributed by atoms with van der Waals surface area (Å²) in [5.41, 5.74) is 3.10. The Labute approximate surface area is 230 Å². The first kappa shape index (κ1) is 25.8. The van der Waals surface area contributed by atoms with Gasteiger partial charge >= 0.3 is 0 Å². The van der Waals surface area contributed by atoms with Gasteiger partial charge in [-0.05, 0) is 57.8 Å². The van der Waals surface area contributed by atoms with Crippen LogP contribution in [0.15, 0.2) is 24.8 Å². The minimum absolute atomic E-state index is 0.0479. The predicted molar refractivity (Wildman–Crippen MR) is 148 cm³/mol. The van der Waals surface area contributed by atoms with Gasteiger partial charge in [0.25, 0.3) is 0 Å². The van der Waals surface area contributed by atoms with Gasteiger partial charge in [-0.2, -0.15) is 0 Å². The van der Waals surface area contributed by atoms with Gasteiger partial charge in [-0.25, -0.2) is 19.9 Å². The van der Waals surface area contributed by atoms with Crippen molar-refractivity contribution in [2.45, 2.75) is 62.8 Å². The molecule has 1 aromatic carbocycles. The van der Waals surface area contributed by atoms with Crippen LogP contribution in [0.25, 0.3) is 22.2 Å². The van der Waals surface area contributed by atoms with Crippen LogP contribution in [-0.4, -0.2) is 83.0 Å². The summed E-state index contributed by atoms with van der Waals surface area (Å²) in [4.78, 5) is 23.5. The van der Waals surface area contributed by atoms with Crippen LogP contribution >= 0.6 is 23.2 Å². The molecule has 2 aliphatic carbocycles. The smallest absolute Gasteiger partial charge is 0.165 e. The summed E-state index contributed by atoms with van der Waals surface area (Å²) >= 11 is 12.2. The minimum atomic E-state index is -0.879. The lowest BCUT2D eigenvalue weighted by Crippen LogP contribution is -2.35. The zero-order valence-corrected chi connectivity index (χ0v) is 22.7. The summed E-state index contributed by atoms with van der Waals surface area (Å²) in [6.07, 6.45) is 7.28. The average Bonchev–Trinajstić information content (AvgIpc) is 3.36. The number of nitrogens with zero attached hydrogens (tertiary/aromatic N) is 6. The van der Waals surface area contributed by atoms with E-state index in [1.54, 1.807) is 12.4 Å². The zero-order valence-electron chi connectivity index (χ0n) is 21.2. The summed E-state index contributed by atoms with van der Waals surface area (Å²) in [6, 6.07) is 3.76. The fraction of sp³-hybridized carbons (Fsp3) is 0.538. The molecule has 0 aliphatic heterocycles. The Kier molecular flexibility index (Phi) is 7.17. The number of anilines is 1. The van der Waals surface area contributed by atoms with Crippen molar-refractivity contribution >= 4 is 51.2 Å². The molecule has 202 valence electrons. The monoisotopic (exact) mass is 558 g/mol. The molecule has 10 nitrogen and oxygen atoms in total. The number of fused-ring (bicyclic) bond motifs is 2. The van der Waals surface area contributed by atoms with Crippen LogP contribution in [-0.2, 0) is 6.42 Å². The molecule has 4 atom stereocenters. The van der Waals surface area contributed by atoms with Crippen LogP contribution in [0.1, 0.15) is 44.0 Å². The number of aliphatic hydroxyl groups excluding tert-OH is 2. The Bertz CT molecular complexity index is 1400. The van der Waals surface area contributed by atoms with E-state index in [9.17, 15) is 10.2 Å². The van der Waals surface area contributed by atoms with Gasteiger partial charge in [0.15, 0.2) is 11.5 Å². The van der Waals surface area contributed by atoms with Crippen molar-refractivity contribution in [3.63, 3.8) is 0 Å². The number of benzene rings is 1. The van der Waals surface area contributed by atoms with E-state index in [1.807, 2.05) is 10.6 Å². The highest BCUT2D eigenvalue weighted by atomic mass is 35.5. The standard InChI is InChI=1S/C26H32Cl2N8O2/c1-35(7-3-2-4-21-33-18-9-16(27)17(28)10-19(18)34-21)11-14-8-20(24(38)23(14)37)36-13-31-22-25(32-15-5-6-15)29-12-30-26(22)36/h9-10,12-15,20,23-24,37-38H,2-8,11H2,1H3,(H,33,34)(H,29,30,32)/t14-,20-,23-,24+/m1/s1. The van der Waals surface area contributed by atoms with Crippen LogP contribution in [0.5, 0.6) is 0 Å². The topological polar surface area (TPSA) is 128 Å². The van der Waals surface area contributed by atoms with Crippen molar-refractivity contribution < 1.29 is 10.2 Å². The second-order valence-corrected chi connectivity index (χ2v) is 11.5. The molecule has 0 radical (unpaired) electrons. The minimum Gasteiger partial charge on any atom is -0.390 e. The first-order valence-corrected chi connectivity index (χ1v) is 14.0. The molecule has 0 spiro atoms. The Morgan fingerprint density at radius 2 is 1.92 bits per heavy atom. The van der Waals surface area contributed by atoms with Gasteiger partial charge in [-0.3, -0.25) is 0 Å². The second-order valence-electron chi connectivity index (χ2n) is 10.7. The van der Waals surface area contributed by atoms with Crippen molar-refractivity contribution in [2.24, 2.45) is 5.92 Å². The molecule has 2 saturated carbocycles. The molecule has 0 saturated heterocycles. The van der Waals surface area contributed by atoms with Gasteiger partial charge < -0.3 is 30.0 Å². The highest BCUT2D eigenvalue weighted by Crippen LogP contribution is 2.38. The third-order valence-electron chi connectivity index (χ3n) is 7.73. The number of unbranched alkanes of at least 4 members (excludes halogenated alkanes) is 1. The summed E-state index contributed by atoms with van der Waals surface area (Å²) in [6.45, 7) is 1.59. The second kappa shape index (κ2) is 10.6. The van der Waals surface area contributed by atoms with Gasteiger partial charge in [-0.1, -0.05) is 23.2 Å². The number of H-pyrrole nitrogens is 1. The lowest BCUT2D eigenvalue weighted by molar-refractivity contribution is 0.00161. The van der Waals surface area contributed by atoms with Crippen molar-refractivity contribution in [1.82, 2.24) is 34.4 Å². The molecule has 4 N–H and O–H groups in total. The maximum absolute atomic E-state index is 10.9. The molecule has 6 rings (SSSR count). The van der Waals surface area contributed by atoms with E-state index in [4.69, 9.17) is 23.2 Å². The molecular weight excluding hydrogens is 527 g/mol. The Morgan fingerprint density at radius 3 is 2.74 bits per heavy atom. The predicted octanol–water partition coefficient (Wildman–Crippen LogP) is 3.82. The highest BCUT2D eigenvalue weighted by molar-refractivity contribution is 6.42. The maximum atomic E-state index is 10.9. The molecule has 3 heterocycles. The maximum Gasteiger partial charge on any atom is 0.165 e. The normalized spacial score (nSPS) is 23.7. The van der Waals surface area contributed by atoms with Crippen LogP contribution in [0, 0.1) is 5.92 Å². The van der Waals surface area contributed by atoms with E-state index in [0.29, 0.717) is 40.2 Å². The number of hydrogen-bond acceptors (Lipinski definition) is 8. The molecule has 2 aliphatic rings. The van der Waals surface area contributed by atoms with Gasteiger partial charge in [0.2, 0.25) is 0 Å². The number of halogens is 2. The van der Waals surface area contributed by atoms with Crippen LogP contribution in [0.4, 0.5) is 5.82 Å². The molecule has 0 amide bonds. The number of aliphatic hydroxyl groups is 2. The van der Waals surface area contributed by atoms with Crippen LogP contribution in [0.2, 0.25) is 10.0 Å². The number of hydrogen-bond donors (Lipinski definition) is 4. The van der Waals surface area contributed by atoms with Gasteiger partial charge in [0, 0.05) is 24.9 Å². The number of aromatic amines is 1. The van der Waals surface area contributed by atoms with E-state index in [0.717, 1.165) is 61.3 Å². The summed E-state index contributed by atoms with van der Waals surface area (Å²) < 4.78 is 1.90. The molecule has 0 unspecified atom stereocenters. The molecule has 4 aromatic rings. The Morgan fingerprint density at radius 1 is 1.11 bits per heavy atom. The van der Waals surface area contributed by atoms with Crippen LogP contribution < -0.4 is 5.32 Å². The largest absolute Gasteiger partial charge is 0.390 e. The first-order chi connectivity index (χ1) is 18.4.